The van der Waals surface area contributed by atoms with Gasteiger partial charge < -0.3 is 29.0 Å². The number of unbranched alkanes of at least 4 members (excludes halogenated alkanes) is 16. The molecule has 1 rings (SSSR count). The molecule has 0 radical (unpaired) electrons. The Morgan fingerprint density at radius 1 is 0.608 bits per heavy atom. The summed E-state index contributed by atoms with van der Waals surface area (Å²) >= 11 is 0. The van der Waals surface area contributed by atoms with Crippen molar-refractivity contribution < 1.29 is 33.6 Å². The fraction of sp³-hybridized carbons (Fsp3) is 0.953. The summed E-state index contributed by atoms with van der Waals surface area (Å²) in [6.07, 6.45) is 28.1. The molecule has 0 aromatic rings. The zero-order valence-corrected chi connectivity index (χ0v) is 34.0. The fourth-order valence-corrected chi connectivity index (χ4v) is 6.98. The lowest BCUT2D eigenvalue weighted by atomic mass is 9.85. The molecule has 1 aliphatic heterocycles. The molecule has 0 aromatic carbocycles. The first kappa shape index (κ1) is 47.8. The van der Waals surface area contributed by atoms with Gasteiger partial charge in [0.1, 0.15) is 0 Å². The molecule has 302 valence electrons. The van der Waals surface area contributed by atoms with E-state index in [-0.39, 0.29) is 24.1 Å². The van der Waals surface area contributed by atoms with Crippen LogP contribution in [-0.2, 0) is 28.5 Å². The number of ether oxygens (including phenoxy) is 4. The van der Waals surface area contributed by atoms with Gasteiger partial charge >= 0.3 is 11.9 Å². The standard InChI is InChI=1S/C43H83NO7/c1-5-8-11-14-19-30-43(47,32-21-25-38-51-42(46)39-28-33-44(4)34-29-39)31-20-15-18-22-35-48-40(45)26-27-41(49-36-23-16-12-9-6-2)50-37-24-17-13-10-7-3/h39,41,47H,5-38H2,1-4H3. The average Bonchev–Trinajstić information content (AvgIpc) is 3.12. The van der Waals surface area contributed by atoms with E-state index in [0.717, 1.165) is 103 Å². The van der Waals surface area contributed by atoms with Gasteiger partial charge in [-0.1, -0.05) is 124 Å². The maximum Gasteiger partial charge on any atom is 0.309 e. The third-order valence-electron chi connectivity index (χ3n) is 10.6. The van der Waals surface area contributed by atoms with Gasteiger partial charge in [0, 0.05) is 19.6 Å². The zero-order valence-electron chi connectivity index (χ0n) is 34.0. The minimum atomic E-state index is -0.650. The van der Waals surface area contributed by atoms with Crippen molar-refractivity contribution in [2.75, 3.05) is 46.6 Å². The number of likely N-dealkylation sites (tertiary alicyclic amines) is 1. The van der Waals surface area contributed by atoms with Crippen LogP contribution in [0.3, 0.4) is 0 Å². The monoisotopic (exact) mass is 726 g/mol. The van der Waals surface area contributed by atoms with Gasteiger partial charge in [-0.15, -0.1) is 0 Å². The van der Waals surface area contributed by atoms with Crippen LogP contribution in [0.4, 0.5) is 0 Å². The second-order valence-corrected chi connectivity index (χ2v) is 15.5. The molecule has 1 unspecified atom stereocenters. The largest absolute Gasteiger partial charge is 0.466 e. The first-order valence-corrected chi connectivity index (χ1v) is 21.8. The first-order valence-electron chi connectivity index (χ1n) is 21.8. The van der Waals surface area contributed by atoms with E-state index in [1.165, 1.54) is 77.0 Å². The van der Waals surface area contributed by atoms with E-state index < -0.39 is 5.60 Å². The summed E-state index contributed by atoms with van der Waals surface area (Å²) in [5.74, 6) is -0.174. The molecule has 0 saturated carbocycles. The third kappa shape index (κ3) is 28.0. The molecule has 1 atom stereocenters. The number of nitrogens with zero attached hydrogens (tertiary/aromatic N) is 1. The second kappa shape index (κ2) is 33.4. The van der Waals surface area contributed by atoms with Gasteiger partial charge in [0.2, 0.25) is 0 Å². The Morgan fingerprint density at radius 2 is 1.02 bits per heavy atom. The highest BCUT2D eigenvalue weighted by Crippen LogP contribution is 2.29. The number of esters is 2. The van der Waals surface area contributed by atoms with Crippen LogP contribution >= 0.6 is 0 Å². The van der Waals surface area contributed by atoms with Gasteiger partial charge in [-0.05, 0) is 84.3 Å². The number of hydrogen-bond donors (Lipinski definition) is 1. The predicted molar refractivity (Wildman–Crippen MR) is 210 cm³/mol. The number of aliphatic hydroxyl groups is 1. The fourth-order valence-electron chi connectivity index (χ4n) is 6.98. The van der Waals surface area contributed by atoms with Crippen LogP contribution in [0.5, 0.6) is 0 Å². The SMILES string of the molecule is CCCCCCCOC(CCC(=O)OCCCCCCC(O)(CCCCCCC)CCCCOC(=O)C1CCN(C)CC1)OCCCCCCC. The van der Waals surface area contributed by atoms with Gasteiger partial charge in [-0.3, -0.25) is 9.59 Å². The second-order valence-electron chi connectivity index (χ2n) is 15.5. The molecule has 1 fully saturated rings. The first-order chi connectivity index (χ1) is 24.8. The van der Waals surface area contributed by atoms with Crippen LogP contribution < -0.4 is 0 Å². The van der Waals surface area contributed by atoms with Gasteiger partial charge in [0.05, 0.1) is 31.2 Å². The smallest absolute Gasteiger partial charge is 0.309 e. The molecule has 51 heavy (non-hydrogen) atoms. The minimum absolute atomic E-state index is 0.0424. The van der Waals surface area contributed by atoms with Crippen LogP contribution in [-0.4, -0.2) is 80.4 Å². The molecule has 1 N–H and O–H groups in total. The van der Waals surface area contributed by atoms with E-state index in [0.29, 0.717) is 39.3 Å². The molecule has 0 amide bonds. The van der Waals surface area contributed by atoms with E-state index in [1.807, 2.05) is 0 Å². The summed E-state index contributed by atoms with van der Waals surface area (Å²) in [6.45, 7) is 10.9. The average molecular weight is 726 g/mol. The third-order valence-corrected chi connectivity index (χ3v) is 10.6. The Labute approximate surface area is 314 Å². The lowest BCUT2D eigenvalue weighted by Gasteiger charge is -2.29. The Balaban J connectivity index is 2.31. The quantitative estimate of drug-likeness (QED) is 0.0387. The molecule has 0 spiro atoms. The lowest BCUT2D eigenvalue weighted by Crippen LogP contribution is -2.34. The van der Waals surface area contributed by atoms with Crippen molar-refractivity contribution in [2.24, 2.45) is 5.92 Å². The summed E-state index contributed by atoms with van der Waals surface area (Å²) in [4.78, 5) is 27.2. The molecule has 1 aliphatic rings. The molecular weight excluding hydrogens is 642 g/mol. The number of hydrogen-bond acceptors (Lipinski definition) is 8. The highest BCUT2D eigenvalue weighted by molar-refractivity contribution is 5.72. The summed E-state index contributed by atoms with van der Waals surface area (Å²) in [6, 6.07) is 0. The lowest BCUT2D eigenvalue weighted by molar-refractivity contribution is -0.159. The van der Waals surface area contributed by atoms with E-state index in [2.05, 4.69) is 32.7 Å². The van der Waals surface area contributed by atoms with Gasteiger partial charge in [-0.2, -0.15) is 0 Å². The minimum Gasteiger partial charge on any atom is -0.466 e. The van der Waals surface area contributed by atoms with E-state index in [9.17, 15) is 14.7 Å². The van der Waals surface area contributed by atoms with Crippen LogP contribution in [0.25, 0.3) is 0 Å². The van der Waals surface area contributed by atoms with Gasteiger partial charge in [-0.25, -0.2) is 0 Å². The number of rotatable bonds is 36. The summed E-state index contributed by atoms with van der Waals surface area (Å²) in [5.41, 5.74) is -0.650. The van der Waals surface area contributed by atoms with Crippen molar-refractivity contribution in [1.29, 1.82) is 0 Å². The normalized spacial score (nSPS) is 15.3. The Morgan fingerprint density at radius 3 is 1.53 bits per heavy atom. The topological polar surface area (TPSA) is 94.5 Å². The van der Waals surface area contributed by atoms with Crippen molar-refractivity contribution >= 4 is 11.9 Å². The molecule has 0 aromatic heterocycles. The summed E-state index contributed by atoms with van der Waals surface area (Å²) in [5, 5.41) is 11.6. The summed E-state index contributed by atoms with van der Waals surface area (Å²) in [7, 11) is 2.10. The highest BCUT2D eigenvalue weighted by Gasteiger charge is 2.27. The van der Waals surface area contributed by atoms with Crippen molar-refractivity contribution in [3.05, 3.63) is 0 Å². The predicted octanol–water partition coefficient (Wildman–Crippen LogP) is 10.7. The molecule has 1 heterocycles. The Kier molecular flexibility index (Phi) is 31.3. The van der Waals surface area contributed by atoms with E-state index in [1.54, 1.807) is 0 Å². The van der Waals surface area contributed by atoms with E-state index >= 15 is 0 Å². The zero-order chi connectivity index (χ0) is 37.3. The van der Waals surface area contributed by atoms with E-state index in [4.69, 9.17) is 18.9 Å². The molecule has 8 heteroatoms. The molecule has 0 bridgehead atoms. The van der Waals surface area contributed by atoms with Crippen LogP contribution in [0.2, 0.25) is 0 Å². The van der Waals surface area contributed by atoms with Crippen LogP contribution in [0.1, 0.15) is 201 Å². The van der Waals surface area contributed by atoms with Crippen LogP contribution in [0.15, 0.2) is 0 Å². The van der Waals surface area contributed by atoms with Crippen molar-refractivity contribution in [2.45, 2.75) is 212 Å². The maximum atomic E-state index is 12.5. The van der Waals surface area contributed by atoms with Gasteiger partial charge in [0.25, 0.3) is 0 Å². The Bertz CT molecular complexity index is 787. The van der Waals surface area contributed by atoms with Crippen molar-refractivity contribution in [3.8, 4) is 0 Å². The molecule has 8 nitrogen and oxygen atoms in total. The van der Waals surface area contributed by atoms with Crippen LogP contribution in [0, 0.1) is 5.92 Å². The summed E-state index contributed by atoms with van der Waals surface area (Å²) < 4.78 is 23.3. The molecule has 1 saturated heterocycles. The highest BCUT2D eigenvalue weighted by atomic mass is 16.7. The molecule has 0 aliphatic carbocycles. The van der Waals surface area contributed by atoms with Gasteiger partial charge in [0.15, 0.2) is 6.29 Å². The number of carbonyl (C=O) groups is 2. The van der Waals surface area contributed by atoms with Crippen molar-refractivity contribution in [3.63, 3.8) is 0 Å². The maximum absolute atomic E-state index is 12.5. The Hall–Kier alpha value is -1.22. The number of piperidine rings is 1. The van der Waals surface area contributed by atoms with Crippen molar-refractivity contribution in [1.82, 2.24) is 4.90 Å². The number of carbonyl (C=O) groups excluding carboxylic acids is 2. The molecular formula is C43H83NO7.